The number of nitrogen functional groups attached to an aromatic ring is 1. The molecule has 0 saturated carbocycles. The second-order valence-corrected chi connectivity index (χ2v) is 4.93. The first kappa shape index (κ1) is 11.8. The number of hydrogen-bond donors (Lipinski definition) is 1. The van der Waals surface area contributed by atoms with E-state index in [-0.39, 0.29) is 17.6 Å². The van der Waals surface area contributed by atoms with Gasteiger partial charge in [-0.25, -0.2) is 9.97 Å². The molecule has 2 N–H and O–H groups in total. The lowest BCUT2D eigenvalue weighted by atomic mass is 9.81. The Bertz CT molecular complexity index is 637. The average Bonchev–Trinajstić information content (AvgIpc) is 2.38. The second-order valence-electron chi connectivity index (χ2n) is 4.93. The quantitative estimate of drug-likeness (QED) is 0.846. The number of fused-ring (bicyclic) bond motifs is 1. The Hall–Kier alpha value is -2.23. The highest BCUT2D eigenvalue weighted by Crippen LogP contribution is 2.32. The predicted molar refractivity (Wildman–Crippen MR) is 73.0 cm³/mol. The summed E-state index contributed by atoms with van der Waals surface area (Å²) in [6.45, 7) is 1.82. The average molecular weight is 253 g/mol. The summed E-state index contributed by atoms with van der Waals surface area (Å²) < 4.78 is 0. The molecule has 1 heterocycles. The van der Waals surface area contributed by atoms with E-state index in [0.29, 0.717) is 17.7 Å². The second kappa shape index (κ2) is 4.46. The summed E-state index contributed by atoms with van der Waals surface area (Å²) in [6, 6.07) is 10.1. The van der Waals surface area contributed by atoms with Gasteiger partial charge in [-0.2, -0.15) is 0 Å². The van der Waals surface area contributed by atoms with Gasteiger partial charge in [0.25, 0.3) is 0 Å². The van der Waals surface area contributed by atoms with Gasteiger partial charge in [0, 0.05) is 6.42 Å². The lowest BCUT2D eigenvalue weighted by Gasteiger charge is -2.24. The highest BCUT2D eigenvalue weighted by atomic mass is 16.1. The Morgan fingerprint density at radius 3 is 2.63 bits per heavy atom. The summed E-state index contributed by atoms with van der Waals surface area (Å²) in [6.07, 6.45) is 1.27. The van der Waals surface area contributed by atoms with Crippen LogP contribution in [0.5, 0.6) is 0 Å². The monoisotopic (exact) mass is 253 g/mol. The zero-order chi connectivity index (χ0) is 13.4. The van der Waals surface area contributed by atoms with E-state index >= 15 is 0 Å². The van der Waals surface area contributed by atoms with Crippen LogP contribution >= 0.6 is 0 Å². The minimum Gasteiger partial charge on any atom is -0.368 e. The fraction of sp³-hybridized carbons (Fsp3) is 0.267. The summed E-state index contributed by atoms with van der Waals surface area (Å²) >= 11 is 0. The van der Waals surface area contributed by atoms with E-state index in [1.165, 1.54) is 5.56 Å². The van der Waals surface area contributed by atoms with Crippen LogP contribution in [-0.2, 0) is 6.42 Å². The van der Waals surface area contributed by atoms with Crippen molar-refractivity contribution in [3.63, 3.8) is 0 Å². The number of carbonyl (C=O) groups excluding carboxylic acids is 1. The Morgan fingerprint density at radius 2 is 1.89 bits per heavy atom. The van der Waals surface area contributed by atoms with Crippen molar-refractivity contribution in [1.82, 2.24) is 9.97 Å². The highest BCUT2D eigenvalue weighted by molar-refractivity contribution is 5.99. The number of ketones is 1. The van der Waals surface area contributed by atoms with Crippen LogP contribution < -0.4 is 5.73 Å². The SMILES string of the molecule is Cc1nc(N)nc2c1C(=O)C[C@H](c1ccccc1)C2. The van der Waals surface area contributed by atoms with Crippen molar-refractivity contribution in [2.45, 2.75) is 25.7 Å². The maximum atomic E-state index is 12.3. The van der Waals surface area contributed by atoms with Crippen molar-refractivity contribution in [2.24, 2.45) is 0 Å². The molecular formula is C15H15N3O. The molecule has 0 aliphatic heterocycles. The van der Waals surface area contributed by atoms with Crippen molar-refractivity contribution < 1.29 is 4.79 Å². The van der Waals surface area contributed by atoms with Crippen LogP contribution in [0, 0.1) is 6.92 Å². The number of benzene rings is 1. The van der Waals surface area contributed by atoms with Gasteiger partial charge in [-0.05, 0) is 24.8 Å². The molecule has 2 aromatic rings. The standard InChI is InChI=1S/C15H15N3O/c1-9-14-12(18-15(16)17-9)7-11(8-13(14)19)10-5-3-2-4-6-10/h2-6,11H,7-8H2,1H3,(H2,16,17,18)/t11-/m1/s1. The summed E-state index contributed by atoms with van der Waals surface area (Å²) in [5, 5.41) is 0. The number of carbonyl (C=O) groups is 1. The zero-order valence-corrected chi connectivity index (χ0v) is 10.8. The Labute approximate surface area is 111 Å². The molecule has 0 saturated heterocycles. The third-order valence-electron chi connectivity index (χ3n) is 3.60. The van der Waals surface area contributed by atoms with E-state index in [2.05, 4.69) is 22.1 Å². The molecule has 0 amide bonds. The molecule has 96 valence electrons. The van der Waals surface area contributed by atoms with Gasteiger partial charge in [-0.1, -0.05) is 30.3 Å². The largest absolute Gasteiger partial charge is 0.368 e. The maximum absolute atomic E-state index is 12.3. The van der Waals surface area contributed by atoms with Gasteiger partial charge in [-0.15, -0.1) is 0 Å². The molecule has 1 atom stereocenters. The van der Waals surface area contributed by atoms with Crippen LogP contribution in [0.25, 0.3) is 0 Å². The first-order chi connectivity index (χ1) is 9.15. The normalized spacial score (nSPS) is 18.2. The van der Waals surface area contributed by atoms with Crippen molar-refractivity contribution >= 4 is 11.7 Å². The van der Waals surface area contributed by atoms with Gasteiger partial charge >= 0.3 is 0 Å². The van der Waals surface area contributed by atoms with E-state index in [9.17, 15) is 4.79 Å². The lowest BCUT2D eigenvalue weighted by molar-refractivity contribution is 0.0962. The van der Waals surface area contributed by atoms with E-state index in [1.807, 2.05) is 25.1 Å². The summed E-state index contributed by atoms with van der Waals surface area (Å²) in [4.78, 5) is 20.6. The molecule has 3 rings (SSSR count). The number of nitrogens with two attached hydrogens (primary N) is 1. The van der Waals surface area contributed by atoms with Crippen LogP contribution in [0.3, 0.4) is 0 Å². The molecule has 4 nitrogen and oxygen atoms in total. The van der Waals surface area contributed by atoms with Gasteiger partial charge < -0.3 is 5.73 Å². The van der Waals surface area contributed by atoms with Crippen LogP contribution in [0.2, 0.25) is 0 Å². The number of anilines is 1. The van der Waals surface area contributed by atoms with Crippen molar-refractivity contribution in [1.29, 1.82) is 0 Å². The Balaban J connectivity index is 2.03. The molecule has 0 bridgehead atoms. The number of hydrogen-bond acceptors (Lipinski definition) is 4. The third kappa shape index (κ3) is 2.10. The number of nitrogens with zero attached hydrogens (tertiary/aromatic N) is 2. The van der Waals surface area contributed by atoms with Crippen LogP contribution in [0.15, 0.2) is 30.3 Å². The molecule has 0 unspecified atom stereocenters. The van der Waals surface area contributed by atoms with Crippen LogP contribution in [-0.4, -0.2) is 15.8 Å². The first-order valence-corrected chi connectivity index (χ1v) is 6.36. The number of rotatable bonds is 1. The molecule has 19 heavy (non-hydrogen) atoms. The molecule has 1 aliphatic carbocycles. The third-order valence-corrected chi connectivity index (χ3v) is 3.60. The summed E-state index contributed by atoms with van der Waals surface area (Å²) in [5.74, 6) is 0.556. The minimum absolute atomic E-state index is 0.118. The molecular weight excluding hydrogens is 238 g/mol. The summed E-state index contributed by atoms with van der Waals surface area (Å²) in [7, 11) is 0. The van der Waals surface area contributed by atoms with Gasteiger partial charge in [0.2, 0.25) is 5.95 Å². The molecule has 0 radical (unpaired) electrons. The van der Waals surface area contributed by atoms with E-state index in [1.54, 1.807) is 0 Å². The van der Waals surface area contributed by atoms with Gasteiger partial charge in [0.1, 0.15) is 0 Å². The van der Waals surface area contributed by atoms with Gasteiger partial charge in [0.15, 0.2) is 5.78 Å². The molecule has 1 aromatic heterocycles. The highest BCUT2D eigenvalue weighted by Gasteiger charge is 2.29. The fourth-order valence-electron chi connectivity index (χ4n) is 2.76. The van der Waals surface area contributed by atoms with Gasteiger partial charge in [-0.3, -0.25) is 4.79 Å². The van der Waals surface area contributed by atoms with E-state index in [4.69, 9.17) is 5.73 Å². The first-order valence-electron chi connectivity index (χ1n) is 6.36. The lowest BCUT2D eigenvalue weighted by Crippen LogP contribution is -2.22. The molecule has 0 fully saturated rings. The molecule has 1 aliphatic rings. The topological polar surface area (TPSA) is 68.9 Å². The van der Waals surface area contributed by atoms with Crippen LogP contribution in [0.1, 0.15) is 39.6 Å². The van der Waals surface area contributed by atoms with E-state index in [0.717, 1.165) is 12.1 Å². The van der Waals surface area contributed by atoms with Crippen LogP contribution in [0.4, 0.5) is 5.95 Å². The molecule has 4 heteroatoms. The maximum Gasteiger partial charge on any atom is 0.220 e. The number of aryl methyl sites for hydroxylation is 1. The Kier molecular flexibility index (Phi) is 2.78. The molecule has 0 spiro atoms. The number of aromatic nitrogens is 2. The molecule has 1 aromatic carbocycles. The fourth-order valence-corrected chi connectivity index (χ4v) is 2.76. The summed E-state index contributed by atoms with van der Waals surface area (Å²) in [5.41, 5.74) is 9.00. The Morgan fingerprint density at radius 1 is 1.16 bits per heavy atom. The smallest absolute Gasteiger partial charge is 0.220 e. The number of Topliss-reactive ketones (excluding diaryl/α,β-unsaturated/α-hetero) is 1. The van der Waals surface area contributed by atoms with Crippen molar-refractivity contribution in [3.05, 3.63) is 52.8 Å². The van der Waals surface area contributed by atoms with Gasteiger partial charge in [0.05, 0.1) is 17.0 Å². The minimum atomic E-state index is 0.118. The van der Waals surface area contributed by atoms with Crippen molar-refractivity contribution in [3.8, 4) is 0 Å². The van der Waals surface area contributed by atoms with Crippen molar-refractivity contribution in [2.75, 3.05) is 5.73 Å². The zero-order valence-electron chi connectivity index (χ0n) is 10.8. The predicted octanol–water partition coefficient (Wildman–Crippen LogP) is 2.28. The van der Waals surface area contributed by atoms with E-state index < -0.39 is 0 Å².